The van der Waals surface area contributed by atoms with E-state index in [1.165, 1.54) is 0 Å². The van der Waals surface area contributed by atoms with Crippen molar-refractivity contribution in [3.05, 3.63) is 52.2 Å². The average Bonchev–Trinajstić information content (AvgIpc) is 3.03. The zero-order chi connectivity index (χ0) is 15.5. The van der Waals surface area contributed by atoms with Gasteiger partial charge in [-0.2, -0.15) is 11.3 Å². The molecule has 6 heteroatoms. The summed E-state index contributed by atoms with van der Waals surface area (Å²) in [5.74, 6) is 0.139. The third-order valence-electron chi connectivity index (χ3n) is 3.86. The van der Waals surface area contributed by atoms with Crippen LogP contribution in [0.1, 0.15) is 24.2 Å². The van der Waals surface area contributed by atoms with Crippen LogP contribution in [0, 0.1) is 0 Å². The highest BCUT2D eigenvalue weighted by molar-refractivity contribution is 7.07. The normalized spacial score (nSPS) is 20.8. The van der Waals surface area contributed by atoms with Gasteiger partial charge in [0, 0.05) is 12.2 Å². The lowest BCUT2D eigenvalue weighted by Crippen LogP contribution is -2.46. The van der Waals surface area contributed by atoms with E-state index in [2.05, 4.69) is 11.4 Å². The first-order chi connectivity index (χ1) is 10.6. The molecular weight excluding hydrogens is 332 g/mol. The molecule has 23 heavy (non-hydrogen) atoms. The van der Waals surface area contributed by atoms with Crippen LogP contribution >= 0.6 is 23.7 Å². The molecule has 0 aliphatic carbocycles. The highest BCUT2D eigenvalue weighted by Crippen LogP contribution is 2.27. The van der Waals surface area contributed by atoms with E-state index in [4.69, 9.17) is 10.5 Å². The standard InChI is InChI=1S/C17H20N2O2S.ClH/c1-12-9-19(10-16(21-12)14-6-7-22-11-14)17(20)8-13-2-4-15(18)5-3-13;/h2-7,11-12,16H,8-10,18H2,1H3;1H. The van der Waals surface area contributed by atoms with Crippen LogP contribution in [0.2, 0.25) is 0 Å². The first-order valence-electron chi connectivity index (χ1n) is 7.41. The zero-order valence-corrected chi connectivity index (χ0v) is 14.6. The van der Waals surface area contributed by atoms with Crippen molar-refractivity contribution in [1.82, 2.24) is 4.90 Å². The summed E-state index contributed by atoms with van der Waals surface area (Å²) in [5, 5.41) is 4.13. The molecule has 1 aliphatic heterocycles. The van der Waals surface area contributed by atoms with Crippen molar-refractivity contribution in [2.75, 3.05) is 18.8 Å². The van der Waals surface area contributed by atoms with E-state index in [0.717, 1.165) is 11.1 Å². The van der Waals surface area contributed by atoms with E-state index in [1.807, 2.05) is 41.5 Å². The van der Waals surface area contributed by atoms with E-state index in [0.29, 0.717) is 25.2 Å². The van der Waals surface area contributed by atoms with Crippen LogP contribution in [-0.4, -0.2) is 30.0 Å². The van der Waals surface area contributed by atoms with E-state index in [-0.39, 0.29) is 30.5 Å². The number of ether oxygens (including phenoxy) is 1. The first kappa shape index (κ1) is 17.8. The predicted octanol–water partition coefficient (Wildman–Crippen LogP) is 3.28. The Hall–Kier alpha value is -1.56. The van der Waals surface area contributed by atoms with Crippen LogP contribution in [0.15, 0.2) is 41.1 Å². The topological polar surface area (TPSA) is 55.6 Å². The molecule has 0 spiro atoms. The molecule has 3 rings (SSSR count). The minimum Gasteiger partial charge on any atom is -0.399 e. The van der Waals surface area contributed by atoms with Crippen molar-refractivity contribution >= 4 is 35.3 Å². The van der Waals surface area contributed by atoms with E-state index in [1.54, 1.807) is 11.3 Å². The Morgan fingerprint density at radius 3 is 2.70 bits per heavy atom. The molecule has 2 atom stereocenters. The van der Waals surface area contributed by atoms with Crippen LogP contribution in [0.3, 0.4) is 0 Å². The fourth-order valence-electron chi connectivity index (χ4n) is 2.72. The number of nitrogens with two attached hydrogens (primary N) is 1. The average molecular weight is 353 g/mol. The van der Waals surface area contributed by atoms with Gasteiger partial charge in [0.05, 0.1) is 19.1 Å². The van der Waals surface area contributed by atoms with E-state index >= 15 is 0 Å². The summed E-state index contributed by atoms with van der Waals surface area (Å²) in [6.45, 7) is 3.28. The largest absolute Gasteiger partial charge is 0.399 e. The molecule has 1 aromatic heterocycles. The third-order valence-corrected chi connectivity index (χ3v) is 4.56. The van der Waals surface area contributed by atoms with Crippen molar-refractivity contribution in [1.29, 1.82) is 0 Å². The van der Waals surface area contributed by atoms with Crippen LogP contribution in [-0.2, 0) is 16.0 Å². The van der Waals surface area contributed by atoms with Gasteiger partial charge in [0.2, 0.25) is 5.91 Å². The van der Waals surface area contributed by atoms with Gasteiger partial charge in [0.1, 0.15) is 6.10 Å². The molecule has 1 saturated heterocycles. The van der Waals surface area contributed by atoms with Gasteiger partial charge in [-0.1, -0.05) is 12.1 Å². The number of anilines is 1. The maximum Gasteiger partial charge on any atom is 0.227 e. The van der Waals surface area contributed by atoms with Crippen molar-refractivity contribution < 1.29 is 9.53 Å². The lowest BCUT2D eigenvalue weighted by Gasteiger charge is -2.36. The van der Waals surface area contributed by atoms with E-state index in [9.17, 15) is 4.79 Å². The number of benzene rings is 1. The van der Waals surface area contributed by atoms with Crippen LogP contribution in [0.25, 0.3) is 0 Å². The second-order valence-electron chi connectivity index (χ2n) is 5.71. The second kappa shape index (κ2) is 7.81. The van der Waals surface area contributed by atoms with Crippen molar-refractivity contribution in [3.8, 4) is 0 Å². The molecule has 2 unspecified atom stereocenters. The highest BCUT2D eigenvalue weighted by atomic mass is 35.5. The van der Waals surface area contributed by atoms with Crippen LogP contribution < -0.4 is 5.73 Å². The van der Waals surface area contributed by atoms with Gasteiger partial charge < -0.3 is 15.4 Å². The number of carbonyl (C=O) groups is 1. The molecule has 1 fully saturated rings. The predicted molar refractivity (Wildman–Crippen MR) is 96.0 cm³/mol. The first-order valence-corrected chi connectivity index (χ1v) is 8.36. The highest BCUT2D eigenvalue weighted by Gasteiger charge is 2.29. The second-order valence-corrected chi connectivity index (χ2v) is 6.49. The Morgan fingerprint density at radius 1 is 1.30 bits per heavy atom. The molecule has 1 aromatic carbocycles. The number of thiophene rings is 1. The number of amides is 1. The molecule has 0 bridgehead atoms. The quantitative estimate of drug-likeness (QED) is 0.862. The zero-order valence-electron chi connectivity index (χ0n) is 13.0. The minimum atomic E-state index is -0.0228. The molecule has 0 radical (unpaired) electrons. The maximum atomic E-state index is 12.6. The van der Waals surface area contributed by atoms with Gasteiger partial charge in [-0.3, -0.25) is 4.79 Å². The van der Waals surface area contributed by atoms with Crippen molar-refractivity contribution in [3.63, 3.8) is 0 Å². The van der Waals surface area contributed by atoms with Gasteiger partial charge in [-0.15, -0.1) is 12.4 Å². The molecule has 2 N–H and O–H groups in total. The number of hydrogen-bond donors (Lipinski definition) is 1. The van der Waals surface area contributed by atoms with Gasteiger partial charge >= 0.3 is 0 Å². The summed E-state index contributed by atoms with van der Waals surface area (Å²) in [6, 6.07) is 9.55. The number of morpholine rings is 1. The maximum absolute atomic E-state index is 12.6. The Kier molecular flexibility index (Phi) is 6.04. The summed E-state index contributed by atoms with van der Waals surface area (Å²) < 4.78 is 5.97. The Bertz CT molecular complexity index is 631. The summed E-state index contributed by atoms with van der Waals surface area (Å²) in [4.78, 5) is 14.5. The smallest absolute Gasteiger partial charge is 0.227 e. The summed E-state index contributed by atoms with van der Waals surface area (Å²) >= 11 is 1.65. The molecule has 0 saturated carbocycles. The van der Waals surface area contributed by atoms with Crippen LogP contribution in [0.4, 0.5) is 5.69 Å². The number of rotatable bonds is 3. The van der Waals surface area contributed by atoms with Crippen molar-refractivity contribution in [2.24, 2.45) is 0 Å². The summed E-state index contributed by atoms with van der Waals surface area (Å²) in [5.41, 5.74) is 8.54. The minimum absolute atomic E-state index is 0. The number of nitrogens with zero attached hydrogens (tertiary/aromatic N) is 1. The number of nitrogen functional groups attached to an aromatic ring is 1. The monoisotopic (exact) mass is 352 g/mol. The van der Waals surface area contributed by atoms with Gasteiger partial charge in [0.15, 0.2) is 0 Å². The Labute approximate surface area is 146 Å². The lowest BCUT2D eigenvalue weighted by molar-refractivity contribution is -0.144. The molecule has 4 nitrogen and oxygen atoms in total. The SMILES string of the molecule is CC1CN(C(=O)Cc2ccc(N)cc2)CC(c2ccsc2)O1.Cl. The molecule has 2 heterocycles. The molecule has 124 valence electrons. The summed E-state index contributed by atoms with van der Waals surface area (Å²) in [6.07, 6.45) is 0.433. The Balaban J connectivity index is 0.00000192. The number of halogens is 1. The van der Waals surface area contributed by atoms with Crippen LogP contribution in [0.5, 0.6) is 0 Å². The molecule has 1 aliphatic rings. The fraction of sp³-hybridized carbons (Fsp3) is 0.353. The lowest BCUT2D eigenvalue weighted by atomic mass is 10.1. The number of carbonyl (C=O) groups excluding carboxylic acids is 1. The van der Waals surface area contributed by atoms with Gasteiger partial charge in [-0.05, 0) is 47.0 Å². The fourth-order valence-corrected chi connectivity index (χ4v) is 3.42. The number of hydrogen-bond acceptors (Lipinski definition) is 4. The van der Waals surface area contributed by atoms with Crippen molar-refractivity contribution in [2.45, 2.75) is 25.6 Å². The van der Waals surface area contributed by atoms with Gasteiger partial charge in [-0.25, -0.2) is 0 Å². The molecular formula is C17H21ClN2O2S. The van der Waals surface area contributed by atoms with E-state index < -0.39 is 0 Å². The van der Waals surface area contributed by atoms with Gasteiger partial charge in [0.25, 0.3) is 0 Å². The summed E-state index contributed by atoms with van der Waals surface area (Å²) in [7, 11) is 0. The third kappa shape index (κ3) is 4.47. The Morgan fingerprint density at radius 2 is 2.04 bits per heavy atom. The molecule has 1 amide bonds. The molecule has 2 aromatic rings.